The molecule has 1 aromatic carbocycles. The van der Waals surface area contributed by atoms with E-state index < -0.39 is 5.97 Å². The molecule has 0 aliphatic heterocycles. The predicted molar refractivity (Wildman–Crippen MR) is 62.9 cm³/mol. The molecule has 2 N–H and O–H groups in total. The minimum Gasteiger partial charge on any atom is -0.504 e. The van der Waals surface area contributed by atoms with Gasteiger partial charge >= 0.3 is 5.97 Å². The monoisotopic (exact) mass is 248 g/mol. The largest absolute Gasteiger partial charge is 0.504 e. The van der Waals surface area contributed by atoms with Crippen LogP contribution in [0.3, 0.4) is 0 Å². The van der Waals surface area contributed by atoms with Crippen LogP contribution in [0.1, 0.15) is 16.1 Å². The molecule has 0 saturated heterocycles. The number of hydrogen-bond acceptors (Lipinski definition) is 4. The van der Waals surface area contributed by atoms with Crippen LogP contribution < -0.4 is 4.74 Å². The van der Waals surface area contributed by atoms with Crippen LogP contribution in [0, 0.1) is 0 Å². The van der Waals surface area contributed by atoms with Gasteiger partial charge in [0.25, 0.3) is 0 Å². The fourth-order valence-corrected chi connectivity index (χ4v) is 1.71. The Labute approximate surface area is 103 Å². The Morgan fingerprint density at radius 1 is 1.44 bits per heavy atom. The highest BCUT2D eigenvalue weighted by atomic mass is 16.5. The van der Waals surface area contributed by atoms with Gasteiger partial charge in [-0.15, -0.1) is 0 Å². The lowest BCUT2D eigenvalue weighted by atomic mass is 10.2. The molecule has 0 spiro atoms. The number of aromatic carboxylic acids is 1. The number of ether oxygens (including phenoxy) is 1. The van der Waals surface area contributed by atoms with Gasteiger partial charge in [-0.05, 0) is 6.07 Å². The summed E-state index contributed by atoms with van der Waals surface area (Å²) in [4.78, 5) is 11.0. The van der Waals surface area contributed by atoms with Crippen molar-refractivity contribution in [2.75, 3.05) is 7.11 Å². The van der Waals surface area contributed by atoms with E-state index in [9.17, 15) is 9.90 Å². The third-order valence-corrected chi connectivity index (χ3v) is 2.54. The Balaban J connectivity index is 2.37. The Morgan fingerprint density at radius 3 is 2.83 bits per heavy atom. The first-order chi connectivity index (χ1) is 8.63. The molecule has 0 unspecified atom stereocenters. The number of aromatic hydroxyl groups is 1. The van der Waals surface area contributed by atoms with Crippen LogP contribution in [0.4, 0.5) is 0 Å². The average molecular weight is 248 g/mol. The molecule has 2 aromatic rings. The molecule has 6 heteroatoms. The topological polar surface area (TPSA) is 84.6 Å². The Kier molecular flexibility index (Phi) is 3.18. The Hall–Kier alpha value is -2.50. The molecule has 2 rings (SSSR count). The fourth-order valence-electron chi connectivity index (χ4n) is 1.71. The molecule has 18 heavy (non-hydrogen) atoms. The van der Waals surface area contributed by atoms with Gasteiger partial charge in [0, 0.05) is 5.56 Å². The van der Waals surface area contributed by atoms with Crippen molar-refractivity contribution in [1.29, 1.82) is 0 Å². The second-order valence-electron chi connectivity index (χ2n) is 3.65. The molecular weight excluding hydrogens is 236 g/mol. The van der Waals surface area contributed by atoms with Crippen LogP contribution in [0.2, 0.25) is 0 Å². The molecular formula is C12H12N2O4. The summed E-state index contributed by atoms with van der Waals surface area (Å²) in [6.45, 7) is 0.214. The number of aromatic nitrogens is 2. The molecule has 6 nitrogen and oxygen atoms in total. The van der Waals surface area contributed by atoms with E-state index in [4.69, 9.17) is 9.84 Å². The highest BCUT2D eigenvalue weighted by Gasteiger charge is 2.18. The summed E-state index contributed by atoms with van der Waals surface area (Å²) in [6.07, 6.45) is 1.11. The van der Waals surface area contributed by atoms with Crippen molar-refractivity contribution in [3.05, 3.63) is 41.7 Å². The third-order valence-electron chi connectivity index (χ3n) is 2.54. The maximum absolute atomic E-state index is 11.0. The van der Waals surface area contributed by atoms with Crippen molar-refractivity contribution in [3.8, 4) is 11.5 Å². The number of benzene rings is 1. The third kappa shape index (κ3) is 2.13. The quantitative estimate of drug-likeness (QED) is 0.853. The van der Waals surface area contributed by atoms with Crippen molar-refractivity contribution in [2.45, 2.75) is 6.54 Å². The molecule has 0 aliphatic rings. The van der Waals surface area contributed by atoms with Crippen LogP contribution in [-0.2, 0) is 6.54 Å². The molecule has 0 fully saturated rings. The Morgan fingerprint density at radius 2 is 2.17 bits per heavy atom. The number of carboxylic acids is 1. The van der Waals surface area contributed by atoms with Crippen LogP contribution >= 0.6 is 0 Å². The second kappa shape index (κ2) is 4.79. The standard InChI is InChI=1S/C12H12N2O4/c1-18-10-5-3-2-4-8(10)7-14-11(12(16)17)9(15)6-13-14/h2-6,15H,7H2,1H3,(H,16,17). The highest BCUT2D eigenvalue weighted by Crippen LogP contribution is 2.21. The number of nitrogens with zero attached hydrogens (tertiary/aromatic N) is 2. The smallest absolute Gasteiger partial charge is 0.358 e. The van der Waals surface area contributed by atoms with Gasteiger partial charge in [-0.25, -0.2) is 4.79 Å². The van der Waals surface area contributed by atoms with Gasteiger partial charge in [0.05, 0.1) is 19.9 Å². The molecule has 0 atom stereocenters. The van der Waals surface area contributed by atoms with Crippen LogP contribution in [0.5, 0.6) is 11.5 Å². The lowest BCUT2D eigenvalue weighted by Gasteiger charge is -2.09. The summed E-state index contributed by atoms with van der Waals surface area (Å²) in [6, 6.07) is 7.23. The zero-order chi connectivity index (χ0) is 13.1. The van der Waals surface area contributed by atoms with E-state index in [0.717, 1.165) is 11.8 Å². The van der Waals surface area contributed by atoms with Gasteiger partial charge in [-0.1, -0.05) is 18.2 Å². The maximum Gasteiger partial charge on any atom is 0.358 e. The minimum absolute atomic E-state index is 0.214. The van der Waals surface area contributed by atoms with Gasteiger partial charge in [0.1, 0.15) is 5.75 Å². The van der Waals surface area contributed by atoms with Crippen LogP contribution in [0.15, 0.2) is 30.5 Å². The van der Waals surface area contributed by atoms with Gasteiger partial charge < -0.3 is 14.9 Å². The van der Waals surface area contributed by atoms with Crippen molar-refractivity contribution < 1.29 is 19.7 Å². The summed E-state index contributed by atoms with van der Waals surface area (Å²) >= 11 is 0. The lowest BCUT2D eigenvalue weighted by Crippen LogP contribution is -2.11. The molecule has 0 aliphatic carbocycles. The number of carbonyl (C=O) groups is 1. The first kappa shape index (κ1) is 12.0. The van der Waals surface area contributed by atoms with E-state index in [2.05, 4.69) is 5.10 Å². The van der Waals surface area contributed by atoms with E-state index in [0.29, 0.717) is 5.75 Å². The van der Waals surface area contributed by atoms with E-state index >= 15 is 0 Å². The van der Waals surface area contributed by atoms with Crippen LogP contribution in [0.25, 0.3) is 0 Å². The van der Waals surface area contributed by atoms with Gasteiger partial charge in [0.15, 0.2) is 11.4 Å². The van der Waals surface area contributed by atoms with E-state index in [-0.39, 0.29) is 18.0 Å². The van der Waals surface area contributed by atoms with Crippen molar-refractivity contribution in [3.63, 3.8) is 0 Å². The van der Waals surface area contributed by atoms with Gasteiger partial charge in [-0.3, -0.25) is 4.68 Å². The minimum atomic E-state index is -1.22. The highest BCUT2D eigenvalue weighted by molar-refractivity contribution is 5.88. The van der Waals surface area contributed by atoms with Gasteiger partial charge in [0.2, 0.25) is 0 Å². The van der Waals surface area contributed by atoms with E-state index in [1.807, 2.05) is 18.2 Å². The van der Waals surface area contributed by atoms with Crippen molar-refractivity contribution in [2.24, 2.45) is 0 Å². The second-order valence-corrected chi connectivity index (χ2v) is 3.65. The molecule has 94 valence electrons. The lowest BCUT2D eigenvalue weighted by molar-refractivity contribution is 0.0680. The van der Waals surface area contributed by atoms with E-state index in [1.165, 1.54) is 11.8 Å². The zero-order valence-electron chi connectivity index (χ0n) is 9.70. The normalized spacial score (nSPS) is 10.3. The van der Waals surface area contributed by atoms with Crippen molar-refractivity contribution >= 4 is 5.97 Å². The zero-order valence-corrected chi connectivity index (χ0v) is 9.70. The molecule has 0 saturated carbocycles. The predicted octanol–water partition coefficient (Wildman–Crippen LogP) is 1.34. The van der Waals surface area contributed by atoms with Crippen molar-refractivity contribution in [1.82, 2.24) is 9.78 Å². The summed E-state index contributed by atoms with van der Waals surface area (Å²) in [5.41, 5.74) is 0.548. The number of carboxylic acid groups (broad SMARTS) is 1. The Bertz CT molecular complexity index is 577. The summed E-state index contributed by atoms with van der Waals surface area (Å²) in [5, 5.41) is 22.2. The molecule has 1 aromatic heterocycles. The summed E-state index contributed by atoms with van der Waals surface area (Å²) in [7, 11) is 1.54. The van der Waals surface area contributed by atoms with Gasteiger partial charge in [-0.2, -0.15) is 5.10 Å². The number of para-hydroxylation sites is 1. The fraction of sp³-hybridized carbons (Fsp3) is 0.167. The van der Waals surface area contributed by atoms with Crippen LogP contribution in [-0.4, -0.2) is 33.1 Å². The first-order valence-corrected chi connectivity index (χ1v) is 5.23. The van der Waals surface area contributed by atoms with E-state index in [1.54, 1.807) is 6.07 Å². The number of hydrogen-bond donors (Lipinski definition) is 2. The summed E-state index contributed by atoms with van der Waals surface area (Å²) in [5.74, 6) is -0.930. The number of rotatable bonds is 4. The molecule has 1 heterocycles. The summed E-state index contributed by atoms with van der Waals surface area (Å²) < 4.78 is 6.39. The number of methoxy groups -OCH3 is 1. The average Bonchev–Trinajstić information content (AvgIpc) is 2.71. The molecule has 0 bridgehead atoms. The molecule has 0 amide bonds. The molecule has 0 radical (unpaired) electrons. The maximum atomic E-state index is 11.0. The first-order valence-electron chi connectivity index (χ1n) is 5.23. The SMILES string of the molecule is COc1ccccc1Cn1ncc(O)c1C(=O)O.